The minimum Gasteiger partial charge on any atom is -0.312 e. The molecule has 2 atom stereocenters. The first-order valence-corrected chi connectivity index (χ1v) is 15.8. The van der Waals surface area contributed by atoms with Gasteiger partial charge in [-0.3, -0.25) is 0 Å². The molecule has 4 aliphatic carbocycles. The van der Waals surface area contributed by atoms with E-state index < -0.39 is 0 Å². The standard InChI is InChI=1S/C42H31N/c1-2-12-28-26(11-1)21-24-39-40(28)41-36-19-9-7-16-32(36)33-17-8-10-20-37(33)42(41)43(39)27-22-23-35-31-15-4-3-13-29(31)30-14-5-6-18-34(30)38(35)25-27/h1-4,7-12,14-24,29,38H,5-6,13,25H2. The normalized spacial score (nSPS) is 21.3. The van der Waals surface area contributed by atoms with Gasteiger partial charge in [-0.05, 0) is 87.0 Å². The highest BCUT2D eigenvalue weighted by Crippen LogP contribution is 2.54. The van der Waals surface area contributed by atoms with Crippen LogP contribution in [0.3, 0.4) is 0 Å². The molecule has 1 saturated carbocycles. The van der Waals surface area contributed by atoms with Gasteiger partial charge >= 0.3 is 0 Å². The summed E-state index contributed by atoms with van der Waals surface area (Å²) in [5.41, 5.74) is 10.3. The SMILES string of the molecule is C1=CCC2C(=C1)C1=CC=C(n3c4ccc5ccccc5c4c4c5ccccc5c5ccccc5c43)CC1C1=CCCC=C12. The summed E-state index contributed by atoms with van der Waals surface area (Å²) < 4.78 is 2.63. The quantitative estimate of drug-likeness (QED) is 0.180. The van der Waals surface area contributed by atoms with Crippen molar-refractivity contribution in [1.82, 2.24) is 4.57 Å². The molecular weight excluding hydrogens is 518 g/mol. The number of hydrogen-bond donors (Lipinski definition) is 0. The largest absolute Gasteiger partial charge is 0.312 e. The smallest absolute Gasteiger partial charge is 0.0622 e. The maximum Gasteiger partial charge on any atom is 0.0622 e. The molecule has 0 N–H and O–H groups in total. The third-order valence-electron chi connectivity index (χ3n) is 10.5. The van der Waals surface area contributed by atoms with Crippen molar-refractivity contribution < 1.29 is 0 Å². The van der Waals surface area contributed by atoms with E-state index >= 15 is 0 Å². The second-order valence-corrected chi connectivity index (χ2v) is 12.6. The predicted octanol–water partition coefficient (Wildman–Crippen LogP) is 11.2. The predicted molar refractivity (Wildman–Crippen MR) is 183 cm³/mol. The lowest BCUT2D eigenvalue weighted by Crippen LogP contribution is -2.29. The van der Waals surface area contributed by atoms with Crippen LogP contribution in [-0.4, -0.2) is 4.57 Å². The van der Waals surface area contributed by atoms with Gasteiger partial charge in [0.1, 0.15) is 0 Å². The summed E-state index contributed by atoms with van der Waals surface area (Å²) in [4.78, 5) is 0. The molecule has 6 aromatic rings. The Morgan fingerprint density at radius 1 is 0.535 bits per heavy atom. The van der Waals surface area contributed by atoms with Crippen LogP contribution in [0.2, 0.25) is 0 Å². The van der Waals surface area contributed by atoms with Crippen LogP contribution in [0.1, 0.15) is 25.7 Å². The second kappa shape index (κ2) is 8.82. The first-order chi connectivity index (χ1) is 21.4. The first-order valence-electron chi connectivity index (χ1n) is 15.8. The Kier molecular flexibility index (Phi) is 4.85. The Labute approximate surface area is 251 Å². The molecule has 1 aromatic heterocycles. The Morgan fingerprint density at radius 3 is 2.05 bits per heavy atom. The maximum atomic E-state index is 2.63. The molecule has 4 aliphatic rings. The van der Waals surface area contributed by atoms with Crippen molar-refractivity contribution in [1.29, 1.82) is 0 Å². The molecule has 0 aliphatic heterocycles. The zero-order valence-corrected chi connectivity index (χ0v) is 24.1. The van der Waals surface area contributed by atoms with Crippen LogP contribution in [0.5, 0.6) is 0 Å². The van der Waals surface area contributed by atoms with Gasteiger partial charge in [-0.2, -0.15) is 0 Å². The minimum atomic E-state index is 0.403. The Bertz CT molecular complexity index is 2400. The van der Waals surface area contributed by atoms with Crippen LogP contribution in [0.4, 0.5) is 0 Å². The molecule has 43 heavy (non-hydrogen) atoms. The van der Waals surface area contributed by atoms with Crippen LogP contribution in [0.25, 0.3) is 59.8 Å². The number of allylic oxidation sites excluding steroid dienone is 12. The molecule has 2 unspecified atom stereocenters. The number of aromatic nitrogens is 1. The Balaban J connectivity index is 1.34. The van der Waals surface area contributed by atoms with E-state index in [2.05, 4.69) is 132 Å². The summed E-state index contributed by atoms with van der Waals surface area (Å²) in [6.07, 6.45) is 21.5. The van der Waals surface area contributed by atoms with Crippen LogP contribution < -0.4 is 0 Å². The highest BCUT2D eigenvalue weighted by molar-refractivity contribution is 6.36. The van der Waals surface area contributed by atoms with Crippen LogP contribution in [-0.2, 0) is 0 Å². The molecule has 10 rings (SSSR count). The molecule has 0 saturated heterocycles. The van der Waals surface area contributed by atoms with E-state index in [1.807, 2.05) is 0 Å². The van der Waals surface area contributed by atoms with Crippen molar-refractivity contribution in [3.05, 3.63) is 150 Å². The third kappa shape index (κ3) is 3.17. The summed E-state index contributed by atoms with van der Waals surface area (Å²) in [5.74, 6) is 0.920. The van der Waals surface area contributed by atoms with Gasteiger partial charge in [-0.1, -0.05) is 115 Å². The van der Waals surface area contributed by atoms with E-state index in [1.165, 1.54) is 77.4 Å². The topological polar surface area (TPSA) is 4.93 Å². The van der Waals surface area contributed by atoms with E-state index in [0.717, 1.165) is 19.3 Å². The lowest BCUT2D eigenvalue weighted by molar-refractivity contribution is 0.588. The fourth-order valence-corrected chi connectivity index (χ4v) is 8.79. The van der Waals surface area contributed by atoms with Crippen molar-refractivity contribution >= 4 is 59.8 Å². The highest BCUT2D eigenvalue weighted by atomic mass is 15.0. The molecule has 0 bridgehead atoms. The molecule has 0 radical (unpaired) electrons. The van der Waals surface area contributed by atoms with Crippen molar-refractivity contribution in [2.75, 3.05) is 0 Å². The summed E-state index contributed by atoms with van der Waals surface area (Å²) >= 11 is 0. The second-order valence-electron chi connectivity index (χ2n) is 12.6. The first kappa shape index (κ1) is 23.7. The van der Waals surface area contributed by atoms with Gasteiger partial charge in [-0.15, -0.1) is 0 Å². The van der Waals surface area contributed by atoms with E-state index in [9.17, 15) is 0 Å². The lowest BCUT2D eigenvalue weighted by Gasteiger charge is -2.42. The van der Waals surface area contributed by atoms with Crippen molar-refractivity contribution in [3.63, 3.8) is 0 Å². The molecular formula is C42H31N. The molecule has 1 fully saturated rings. The van der Waals surface area contributed by atoms with Gasteiger partial charge in [0.2, 0.25) is 0 Å². The number of rotatable bonds is 1. The fourth-order valence-electron chi connectivity index (χ4n) is 8.79. The molecule has 5 aromatic carbocycles. The average molecular weight is 550 g/mol. The maximum absolute atomic E-state index is 2.63. The van der Waals surface area contributed by atoms with E-state index in [4.69, 9.17) is 0 Å². The van der Waals surface area contributed by atoms with Gasteiger partial charge < -0.3 is 4.57 Å². The van der Waals surface area contributed by atoms with Gasteiger partial charge in [0.05, 0.1) is 11.0 Å². The summed E-state index contributed by atoms with van der Waals surface area (Å²) in [6, 6.07) is 31.7. The van der Waals surface area contributed by atoms with Gasteiger partial charge in [0.25, 0.3) is 0 Å². The molecule has 0 amide bonds. The number of hydrogen-bond acceptors (Lipinski definition) is 0. The van der Waals surface area contributed by atoms with E-state index in [-0.39, 0.29) is 0 Å². The zero-order valence-electron chi connectivity index (χ0n) is 24.1. The third-order valence-corrected chi connectivity index (χ3v) is 10.5. The molecule has 204 valence electrons. The number of benzene rings is 5. The fraction of sp³-hybridized carbons (Fsp3) is 0.143. The summed E-state index contributed by atoms with van der Waals surface area (Å²) in [6.45, 7) is 0. The number of nitrogens with zero attached hydrogens (tertiary/aromatic N) is 1. The molecule has 1 heteroatoms. The van der Waals surface area contributed by atoms with Crippen LogP contribution in [0, 0.1) is 11.8 Å². The van der Waals surface area contributed by atoms with Gasteiger partial charge in [0.15, 0.2) is 0 Å². The van der Waals surface area contributed by atoms with Crippen LogP contribution in [0.15, 0.2) is 150 Å². The Morgan fingerprint density at radius 2 is 1.21 bits per heavy atom. The van der Waals surface area contributed by atoms with Crippen molar-refractivity contribution in [2.24, 2.45) is 11.8 Å². The van der Waals surface area contributed by atoms with E-state index in [1.54, 1.807) is 11.1 Å². The Hall–Kier alpha value is -4.88. The molecule has 1 nitrogen and oxygen atoms in total. The highest BCUT2D eigenvalue weighted by Gasteiger charge is 2.39. The van der Waals surface area contributed by atoms with Crippen molar-refractivity contribution in [3.8, 4) is 0 Å². The zero-order chi connectivity index (χ0) is 28.1. The minimum absolute atomic E-state index is 0.403. The summed E-state index contributed by atoms with van der Waals surface area (Å²) in [5, 5.41) is 10.7. The molecule has 0 spiro atoms. The van der Waals surface area contributed by atoms with Crippen LogP contribution >= 0.6 is 0 Å². The van der Waals surface area contributed by atoms with Crippen molar-refractivity contribution in [2.45, 2.75) is 25.7 Å². The number of fused-ring (bicyclic) bond motifs is 16. The lowest BCUT2D eigenvalue weighted by atomic mass is 9.62. The average Bonchev–Trinajstić information content (AvgIpc) is 3.45. The monoisotopic (exact) mass is 549 g/mol. The summed E-state index contributed by atoms with van der Waals surface area (Å²) in [7, 11) is 0. The molecule has 1 heterocycles. The van der Waals surface area contributed by atoms with Gasteiger partial charge in [-0.25, -0.2) is 0 Å². The van der Waals surface area contributed by atoms with E-state index in [0.29, 0.717) is 11.8 Å². The van der Waals surface area contributed by atoms with Gasteiger partial charge in [0, 0.05) is 33.7 Å².